The summed E-state index contributed by atoms with van der Waals surface area (Å²) in [5.74, 6) is 0.294. The quantitative estimate of drug-likeness (QED) is 0.525. The maximum Gasteiger partial charge on any atom is 0.413 e. The third kappa shape index (κ3) is 4.39. The van der Waals surface area contributed by atoms with E-state index in [0.29, 0.717) is 23.5 Å². The molecule has 8 heteroatoms. The number of nitrogens with one attached hydrogen (secondary N) is 1. The van der Waals surface area contributed by atoms with Gasteiger partial charge in [0, 0.05) is 0 Å². The van der Waals surface area contributed by atoms with Crippen molar-refractivity contribution >= 4 is 23.1 Å². The summed E-state index contributed by atoms with van der Waals surface area (Å²) < 4.78 is 7.11. The van der Waals surface area contributed by atoms with Crippen LogP contribution in [-0.2, 0) is 24.5 Å². The summed E-state index contributed by atoms with van der Waals surface area (Å²) in [7, 11) is 0. The molecule has 2 N–H and O–H groups in total. The second-order valence-corrected chi connectivity index (χ2v) is 6.43. The molecule has 0 bridgehead atoms. The second kappa shape index (κ2) is 8.49. The first kappa shape index (κ1) is 18.6. The van der Waals surface area contributed by atoms with E-state index in [1.54, 1.807) is 6.33 Å². The van der Waals surface area contributed by atoms with Crippen molar-refractivity contribution in [1.82, 2.24) is 19.5 Å². The lowest BCUT2D eigenvalue weighted by molar-refractivity contribution is 0.155. The fraction of sp³-hybridized carbons (Fsp3) is 0.143. The third-order valence-electron chi connectivity index (χ3n) is 4.39. The normalized spacial score (nSPS) is 10.8. The zero-order valence-electron chi connectivity index (χ0n) is 15.5. The summed E-state index contributed by atoms with van der Waals surface area (Å²) in [6.07, 6.45) is 2.42. The Morgan fingerprint density at radius 2 is 1.72 bits per heavy atom. The molecule has 4 rings (SSSR count). The Morgan fingerprint density at radius 1 is 0.966 bits per heavy atom. The van der Waals surface area contributed by atoms with Crippen LogP contribution in [0.25, 0.3) is 11.2 Å². The summed E-state index contributed by atoms with van der Waals surface area (Å²) in [5.41, 5.74) is 3.87. The van der Waals surface area contributed by atoms with Gasteiger partial charge < -0.3 is 14.4 Å². The number of anilines is 1. The molecule has 0 unspecified atom stereocenters. The zero-order chi connectivity index (χ0) is 20.1. The summed E-state index contributed by atoms with van der Waals surface area (Å²) in [6, 6.07) is 17.1. The van der Waals surface area contributed by atoms with Crippen LogP contribution in [0.5, 0.6) is 0 Å². The lowest BCUT2D eigenvalue weighted by Crippen LogP contribution is -2.15. The van der Waals surface area contributed by atoms with Crippen LogP contribution in [0.1, 0.15) is 16.7 Å². The van der Waals surface area contributed by atoms with Crippen molar-refractivity contribution in [3.05, 3.63) is 83.9 Å². The highest BCUT2D eigenvalue weighted by molar-refractivity contribution is 5.93. The molecular formula is C21H19N5O3. The highest BCUT2D eigenvalue weighted by Crippen LogP contribution is 2.19. The molecule has 0 atom stereocenters. The number of fused-ring (bicyclic) bond motifs is 1. The monoisotopic (exact) mass is 389 g/mol. The molecule has 0 spiro atoms. The molecule has 2 aromatic carbocycles. The Labute approximate surface area is 166 Å². The molecule has 2 heterocycles. The van der Waals surface area contributed by atoms with Crippen molar-refractivity contribution < 1.29 is 14.6 Å². The highest BCUT2D eigenvalue weighted by Gasteiger charge is 2.13. The van der Waals surface area contributed by atoms with E-state index in [-0.39, 0.29) is 13.2 Å². The number of benzene rings is 2. The van der Waals surface area contributed by atoms with Crippen LogP contribution < -0.4 is 5.32 Å². The zero-order valence-corrected chi connectivity index (χ0v) is 15.5. The number of carbonyl (C=O) groups is 1. The molecule has 4 aromatic rings. The summed E-state index contributed by atoms with van der Waals surface area (Å²) >= 11 is 0. The predicted molar refractivity (Wildman–Crippen MR) is 107 cm³/mol. The molecule has 2 aromatic heterocycles. The van der Waals surface area contributed by atoms with Crippen molar-refractivity contribution in [3.63, 3.8) is 0 Å². The standard InChI is InChI=1S/C21H19N5O3/c27-11-16-8-6-15(7-9-16)10-26-14-24-18-19(22-13-23-20(18)26)25-21(28)29-12-17-4-2-1-3-5-17/h1-9,13-14,27H,10-12H2,(H,22,23,25,28). The van der Waals surface area contributed by atoms with E-state index < -0.39 is 6.09 Å². The fourth-order valence-electron chi connectivity index (χ4n) is 2.89. The van der Waals surface area contributed by atoms with Crippen LogP contribution in [0.2, 0.25) is 0 Å². The SMILES string of the molecule is O=C(Nc1ncnc2c1ncn2Cc1ccc(CO)cc1)OCc1ccccc1. The summed E-state index contributed by atoms with van der Waals surface area (Å²) in [4.78, 5) is 24.9. The van der Waals surface area contributed by atoms with Crippen LogP contribution in [0.15, 0.2) is 67.3 Å². The molecule has 0 saturated carbocycles. The lowest BCUT2D eigenvalue weighted by Gasteiger charge is -2.07. The van der Waals surface area contributed by atoms with Gasteiger partial charge in [0.05, 0.1) is 19.5 Å². The highest BCUT2D eigenvalue weighted by atomic mass is 16.5. The molecule has 8 nitrogen and oxygen atoms in total. The van der Waals surface area contributed by atoms with Gasteiger partial charge in [-0.2, -0.15) is 0 Å². The Morgan fingerprint density at radius 3 is 2.48 bits per heavy atom. The number of hydrogen-bond donors (Lipinski definition) is 2. The molecule has 29 heavy (non-hydrogen) atoms. The molecule has 0 radical (unpaired) electrons. The number of rotatable bonds is 6. The number of amides is 1. The molecule has 0 aliphatic rings. The van der Waals surface area contributed by atoms with Crippen LogP contribution in [0, 0.1) is 0 Å². The van der Waals surface area contributed by atoms with Gasteiger partial charge in [0.1, 0.15) is 12.9 Å². The Hall–Kier alpha value is -3.78. The Kier molecular flexibility index (Phi) is 5.44. The van der Waals surface area contributed by atoms with E-state index in [0.717, 1.165) is 16.7 Å². The Bertz CT molecular complexity index is 1110. The number of aliphatic hydroxyl groups excluding tert-OH is 1. The maximum atomic E-state index is 12.1. The number of ether oxygens (including phenoxy) is 1. The van der Waals surface area contributed by atoms with Gasteiger partial charge in [-0.25, -0.2) is 19.7 Å². The predicted octanol–water partition coefficient (Wildman–Crippen LogP) is 3.12. The molecule has 0 fully saturated rings. The average Bonchev–Trinajstić information content (AvgIpc) is 3.17. The largest absolute Gasteiger partial charge is 0.444 e. The fourth-order valence-corrected chi connectivity index (χ4v) is 2.89. The number of aliphatic hydroxyl groups is 1. The van der Waals surface area contributed by atoms with Crippen LogP contribution in [0.4, 0.5) is 10.6 Å². The van der Waals surface area contributed by atoms with E-state index in [1.165, 1.54) is 6.33 Å². The van der Waals surface area contributed by atoms with E-state index in [1.807, 2.05) is 59.2 Å². The minimum Gasteiger partial charge on any atom is -0.444 e. The van der Waals surface area contributed by atoms with E-state index in [9.17, 15) is 4.79 Å². The van der Waals surface area contributed by atoms with Crippen molar-refractivity contribution in [2.75, 3.05) is 5.32 Å². The van der Waals surface area contributed by atoms with E-state index >= 15 is 0 Å². The van der Waals surface area contributed by atoms with Gasteiger partial charge in [-0.15, -0.1) is 0 Å². The number of imidazole rings is 1. The van der Waals surface area contributed by atoms with Gasteiger partial charge in [-0.3, -0.25) is 5.32 Å². The summed E-state index contributed by atoms with van der Waals surface area (Å²) in [5, 5.41) is 11.8. The first-order valence-electron chi connectivity index (χ1n) is 9.05. The number of hydrogen-bond acceptors (Lipinski definition) is 6. The van der Waals surface area contributed by atoms with Gasteiger partial charge in [0.15, 0.2) is 17.0 Å². The molecule has 0 saturated heterocycles. The Balaban J connectivity index is 1.47. The minimum absolute atomic E-state index is 0.0108. The van der Waals surface area contributed by atoms with Crippen LogP contribution in [0.3, 0.4) is 0 Å². The van der Waals surface area contributed by atoms with Gasteiger partial charge in [-0.1, -0.05) is 54.6 Å². The molecule has 0 aliphatic carbocycles. The number of carbonyl (C=O) groups excluding carboxylic acids is 1. The van der Waals surface area contributed by atoms with Gasteiger partial charge in [0.2, 0.25) is 0 Å². The lowest BCUT2D eigenvalue weighted by atomic mass is 10.1. The van der Waals surface area contributed by atoms with Crippen molar-refractivity contribution in [1.29, 1.82) is 0 Å². The average molecular weight is 389 g/mol. The third-order valence-corrected chi connectivity index (χ3v) is 4.39. The molecule has 146 valence electrons. The second-order valence-electron chi connectivity index (χ2n) is 6.43. The van der Waals surface area contributed by atoms with Crippen molar-refractivity contribution in [2.45, 2.75) is 19.8 Å². The molecule has 0 aliphatic heterocycles. The van der Waals surface area contributed by atoms with Gasteiger partial charge in [-0.05, 0) is 16.7 Å². The molecule has 1 amide bonds. The number of nitrogens with zero attached hydrogens (tertiary/aromatic N) is 4. The van der Waals surface area contributed by atoms with Gasteiger partial charge in [0.25, 0.3) is 0 Å². The number of aromatic nitrogens is 4. The van der Waals surface area contributed by atoms with Crippen molar-refractivity contribution in [3.8, 4) is 0 Å². The maximum absolute atomic E-state index is 12.1. The minimum atomic E-state index is -0.608. The van der Waals surface area contributed by atoms with Crippen LogP contribution >= 0.6 is 0 Å². The topological polar surface area (TPSA) is 102 Å². The first-order chi connectivity index (χ1) is 14.2. The summed E-state index contributed by atoms with van der Waals surface area (Å²) in [6.45, 7) is 0.729. The van der Waals surface area contributed by atoms with Crippen molar-refractivity contribution in [2.24, 2.45) is 0 Å². The van der Waals surface area contributed by atoms with E-state index in [4.69, 9.17) is 9.84 Å². The van der Waals surface area contributed by atoms with E-state index in [2.05, 4.69) is 20.3 Å². The molecular weight excluding hydrogens is 370 g/mol. The smallest absolute Gasteiger partial charge is 0.413 e. The van der Waals surface area contributed by atoms with Crippen LogP contribution in [-0.4, -0.2) is 30.7 Å². The van der Waals surface area contributed by atoms with Gasteiger partial charge >= 0.3 is 6.09 Å². The first-order valence-corrected chi connectivity index (χ1v) is 9.05.